The summed E-state index contributed by atoms with van der Waals surface area (Å²) in [4.78, 5) is 10.6. The molecule has 9 heteroatoms. The standard InChI is InChI=1S/C25H19ClF3N5/c26-19-6-4-18(5-7-19)23-11-22(25(27,28)29)21(13-31)24(33-23)34-9-1-2-16(15-34)10-20-8-3-17(12-30)14-32-20/h3-8,11,14,16H,1-2,9-10,15H2. The van der Waals surface area contributed by atoms with Crippen molar-refractivity contribution in [2.75, 3.05) is 18.0 Å². The van der Waals surface area contributed by atoms with Crippen LogP contribution in [-0.4, -0.2) is 23.1 Å². The highest BCUT2D eigenvalue weighted by atomic mass is 35.5. The van der Waals surface area contributed by atoms with E-state index in [-0.39, 0.29) is 17.4 Å². The van der Waals surface area contributed by atoms with Gasteiger partial charge >= 0.3 is 6.18 Å². The molecule has 1 saturated heterocycles. The third kappa shape index (κ3) is 5.13. The lowest BCUT2D eigenvalue weighted by molar-refractivity contribution is -0.137. The summed E-state index contributed by atoms with van der Waals surface area (Å²) in [7, 11) is 0. The molecule has 3 heterocycles. The summed E-state index contributed by atoms with van der Waals surface area (Å²) in [5, 5.41) is 19.1. The van der Waals surface area contributed by atoms with Crippen molar-refractivity contribution in [3.05, 3.63) is 76.1 Å². The van der Waals surface area contributed by atoms with Crippen LogP contribution < -0.4 is 4.90 Å². The number of hydrogen-bond acceptors (Lipinski definition) is 5. The quantitative estimate of drug-likeness (QED) is 0.455. The summed E-state index contributed by atoms with van der Waals surface area (Å²) >= 11 is 5.93. The van der Waals surface area contributed by atoms with Gasteiger partial charge in [0.05, 0.1) is 16.8 Å². The lowest BCUT2D eigenvalue weighted by atomic mass is 9.92. The molecule has 0 aliphatic carbocycles. The fourth-order valence-corrected chi connectivity index (χ4v) is 4.32. The maximum Gasteiger partial charge on any atom is 0.417 e. The Labute approximate surface area is 200 Å². The molecule has 0 N–H and O–H groups in total. The summed E-state index contributed by atoms with van der Waals surface area (Å²) in [6.07, 6.45) is -0.946. The highest BCUT2D eigenvalue weighted by Gasteiger charge is 2.37. The van der Waals surface area contributed by atoms with Crippen molar-refractivity contribution in [3.8, 4) is 23.4 Å². The smallest absolute Gasteiger partial charge is 0.355 e. The summed E-state index contributed by atoms with van der Waals surface area (Å²) in [6.45, 7) is 0.949. The Bertz CT molecular complexity index is 1260. The van der Waals surface area contributed by atoms with Crippen LogP contribution in [0, 0.1) is 28.6 Å². The molecule has 4 rings (SSSR count). The number of alkyl halides is 3. The molecule has 3 aromatic rings. The number of nitrogens with zero attached hydrogens (tertiary/aromatic N) is 5. The van der Waals surface area contributed by atoms with Crippen LogP contribution in [0.25, 0.3) is 11.3 Å². The predicted octanol–water partition coefficient (Wildman–Crippen LogP) is 6.02. The van der Waals surface area contributed by atoms with Gasteiger partial charge < -0.3 is 4.90 Å². The van der Waals surface area contributed by atoms with E-state index in [9.17, 15) is 18.4 Å². The van der Waals surface area contributed by atoms with Gasteiger partial charge in [-0.05, 0) is 55.5 Å². The van der Waals surface area contributed by atoms with Gasteiger partial charge in [0.2, 0.25) is 0 Å². The van der Waals surface area contributed by atoms with E-state index in [0.717, 1.165) is 24.6 Å². The first kappa shape index (κ1) is 23.5. The minimum atomic E-state index is -4.70. The lowest BCUT2D eigenvalue weighted by Crippen LogP contribution is -2.37. The van der Waals surface area contributed by atoms with Crippen molar-refractivity contribution < 1.29 is 13.2 Å². The second-order valence-corrected chi connectivity index (χ2v) is 8.61. The molecular weight excluding hydrogens is 463 g/mol. The minimum Gasteiger partial charge on any atom is -0.355 e. The average molecular weight is 482 g/mol. The molecule has 0 radical (unpaired) electrons. The first-order chi connectivity index (χ1) is 16.3. The normalized spacial score (nSPS) is 16.1. The Balaban J connectivity index is 1.69. The van der Waals surface area contributed by atoms with E-state index in [1.165, 1.54) is 6.20 Å². The number of piperidine rings is 1. The minimum absolute atomic E-state index is 0.0414. The molecule has 1 aliphatic rings. The van der Waals surface area contributed by atoms with Gasteiger partial charge in [0.25, 0.3) is 0 Å². The zero-order valence-electron chi connectivity index (χ0n) is 18.0. The highest BCUT2D eigenvalue weighted by molar-refractivity contribution is 6.30. The number of aromatic nitrogens is 2. The number of nitriles is 2. The van der Waals surface area contributed by atoms with E-state index in [2.05, 4.69) is 9.97 Å². The van der Waals surface area contributed by atoms with Crippen molar-refractivity contribution in [2.24, 2.45) is 5.92 Å². The van der Waals surface area contributed by atoms with Gasteiger partial charge in [-0.3, -0.25) is 4.98 Å². The van der Waals surface area contributed by atoms with Crippen LogP contribution in [0.1, 0.15) is 35.2 Å². The zero-order valence-corrected chi connectivity index (χ0v) is 18.7. The maximum absolute atomic E-state index is 13.9. The first-order valence-electron chi connectivity index (χ1n) is 10.7. The fourth-order valence-electron chi connectivity index (χ4n) is 4.19. The van der Waals surface area contributed by atoms with Gasteiger partial charge in [-0.15, -0.1) is 0 Å². The van der Waals surface area contributed by atoms with E-state index < -0.39 is 17.3 Å². The number of pyridine rings is 2. The predicted molar refractivity (Wildman–Crippen MR) is 122 cm³/mol. The Kier molecular flexibility index (Phi) is 6.72. The molecule has 34 heavy (non-hydrogen) atoms. The molecule has 2 aromatic heterocycles. The summed E-state index contributed by atoms with van der Waals surface area (Å²) in [5.41, 5.74) is 0.425. The topological polar surface area (TPSA) is 76.6 Å². The second-order valence-electron chi connectivity index (χ2n) is 8.18. The molecule has 1 atom stereocenters. The molecule has 172 valence electrons. The van der Waals surface area contributed by atoms with Crippen LogP contribution in [-0.2, 0) is 12.6 Å². The number of benzene rings is 1. The molecule has 1 fully saturated rings. The summed E-state index contributed by atoms with van der Waals surface area (Å²) in [6, 6.07) is 14.6. The van der Waals surface area contributed by atoms with E-state index in [1.54, 1.807) is 47.4 Å². The van der Waals surface area contributed by atoms with Crippen LogP contribution in [0.15, 0.2) is 48.7 Å². The maximum atomic E-state index is 13.9. The van der Waals surface area contributed by atoms with Crippen molar-refractivity contribution in [3.63, 3.8) is 0 Å². The van der Waals surface area contributed by atoms with Crippen molar-refractivity contribution in [1.29, 1.82) is 10.5 Å². The van der Waals surface area contributed by atoms with Gasteiger partial charge in [0, 0.05) is 35.6 Å². The fraction of sp³-hybridized carbons (Fsp3) is 0.280. The van der Waals surface area contributed by atoms with E-state index in [0.29, 0.717) is 35.7 Å². The molecule has 1 aliphatic heterocycles. The van der Waals surface area contributed by atoms with Crippen LogP contribution in [0.4, 0.5) is 19.0 Å². The summed E-state index contributed by atoms with van der Waals surface area (Å²) in [5.74, 6) is 0.163. The zero-order chi connectivity index (χ0) is 24.3. The molecule has 0 saturated carbocycles. The number of halogens is 4. The van der Waals surface area contributed by atoms with Crippen molar-refractivity contribution in [1.82, 2.24) is 9.97 Å². The van der Waals surface area contributed by atoms with Gasteiger partial charge in [-0.1, -0.05) is 23.7 Å². The molecule has 1 unspecified atom stereocenters. The van der Waals surface area contributed by atoms with Crippen molar-refractivity contribution in [2.45, 2.75) is 25.4 Å². The molecule has 0 spiro atoms. The number of anilines is 1. The van der Waals surface area contributed by atoms with E-state index >= 15 is 0 Å². The Morgan fingerprint density at radius 3 is 2.47 bits per heavy atom. The van der Waals surface area contributed by atoms with Crippen LogP contribution in [0.2, 0.25) is 5.02 Å². The number of rotatable bonds is 4. The number of hydrogen-bond donors (Lipinski definition) is 0. The second kappa shape index (κ2) is 9.70. The van der Waals surface area contributed by atoms with Gasteiger partial charge in [-0.2, -0.15) is 23.7 Å². The summed E-state index contributed by atoms with van der Waals surface area (Å²) < 4.78 is 41.8. The highest BCUT2D eigenvalue weighted by Crippen LogP contribution is 2.39. The van der Waals surface area contributed by atoms with Crippen molar-refractivity contribution >= 4 is 17.4 Å². The largest absolute Gasteiger partial charge is 0.417 e. The third-order valence-corrected chi connectivity index (χ3v) is 6.08. The van der Waals surface area contributed by atoms with E-state index in [4.69, 9.17) is 16.9 Å². The first-order valence-corrected chi connectivity index (χ1v) is 11.0. The molecule has 0 amide bonds. The molecule has 0 bridgehead atoms. The van der Waals surface area contributed by atoms with E-state index in [1.807, 2.05) is 6.07 Å². The Hall–Kier alpha value is -3.62. The van der Waals surface area contributed by atoms with Gasteiger partial charge in [0.1, 0.15) is 23.5 Å². The Morgan fingerprint density at radius 1 is 1.09 bits per heavy atom. The van der Waals surface area contributed by atoms with Crippen LogP contribution in [0.3, 0.4) is 0 Å². The van der Waals surface area contributed by atoms with Gasteiger partial charge in [-0.25, -0.2) is 4.98 Å². The monoisotopic (exact) mass is 481 g/mol. The third-order valence-electron chi connectivity index (χ3n) is 5.83. The molecular formula is C25H19ClF3N5. The average Bonchev–Trinajstić information content (AvgIpc) is 2.84. The van der Waals surface area contributed by atoms with Gasteiger partial charge in [0.15, 0.2) is 0 Å². The molecule has 5 nitrogen and oxygen atoms in total. The Morgan fingerprint density at radius 2 is 1.85 bits per heavy atom. The van der Waals surface area contributed by atoms with Crippen LogP contribution >= 0.6 is 11.6 Å². The SMILES string of the molecule is N#Cc1ccc(CC2CCCN(c3nc(-c4ccc(Cl)cc4)cc(C(F)(F)F)c3C#N)C2)nc1. The molecule has 1 aromatic carbocycles. The van der Waals surface area contributed by atoms with Crippen LogP contribution in [0.5, 0.6) is 0 Å². The lowest BCUT2D eigenvalue weighted by Gasteiger charge is -2.34.